The summed E-state index contributed by atoms with van der Waals surface area (Å²) in [5.74, 6) is 0. The molecule has 19 heavy (non-hydrogen) atoms. The molecule has 0 N–H and O–H groups in total. The molecule has 2 aromatic carbocycles. The zero-order valence-electron chi connectivity index (χ0n) is 10.6. The third-order valence-corrected chi connectivity index (χ3v) is 5.49. The van der Waals surface area contributed by atoms with Crippen LogP contribution in [0.1, 0.15) is 18.5 Å². The zero-order valence-corrected chi connectivity index (χ0v) is 11.4. The lowest BCUT2D eigenvalue weighted by atomic mass is 10.1. The molecule has 3 atom stereocenters. The van der Waals surface area contributed by atoms with Gasteiger partial charge >= 0.3 is 0 Å². The Morgan fingerprint density at radius 1 is 0.895 bits per heavy atom. The van der Waals surface area contributed by atoms with E-state index in [1.807, 2.05) is 43.3 Å². The van der Waals surface area contributed by atoms with E-state index in [0.717, 1.165) is 5.56 Å². The van der Waals surface area contributed by atoms with Crippen LogP contribution >= 0.6 is 0 Å². The fraction of sp³-hybridized carbons (Fsp3) is 0.200. The molecule has 0 bridgehead atoms. The van der Waals surface area contributed by atoms with Gasteiger partial charge < -0.3 is 0 Å². The van der Waals surface area contributed by atoms with Crippen molar-refractivity contribution in [1.29, 1.82) is 0 Å². The molecule has 1 aliphatic rings. The Hall–Kier alpha value is -1.65. The van der Waals surface area contributed by atoms with Gasteiger partial charge in [0.25, 0.3) is 0 Å². The lowest BCUT2D eigenvalue weighted by molar-refractivity contribution is 0.548. The fourth-order valence-corrected chi connectivity index (χ4v) is 4.32. The van der Waals surface area contributed by atoms with E-state index in [2.05, 4.69) is 0 Å². The first-order chi connectivity index (χ1) is 9.12. The van der Waals surface area contributed by atoms with Crippen molar-refractivity contribution in [3.05, 3.63) is 66.2 Å². The van der Waals surface area contributed by atoms with Gasteiger partial charge in [-0.1, -0.05) is 48.5 Å². The van der Waals surface area contributed by atoms with Crippen LogP contribution in [-0.2, 0) is 10.0 Å². The molecule has 3 unspecified atom stereocenters. The molecule has 0 radical (unpaired) electrons. The molecule has 1 aliphatic heterocycles. The van der Waals surface area contributed by atoms with Gasteiger partial charge in [-0.15, -0.1) is 0 Å². The molecule has 3 nitrogen and oxygen atoms in total. The smallest absolute Gasteiger partial charge is 0.207 e. The SMILES string of the molecule is CC1C(c2ccccc2)N1S(=O)(=O)c1ccccc1. The van der Waals surface area contributed by atoms with Gasteiger partial charge in [-0.05, 0) is 24.6 Å². The Labute approximate surface area is 113 Å². The lowest BCUT2D eigenvalue weighted by Gasteiger charge is -2.06. The topological polar surface area (TPSA) is 37.1 Å². The van der Waals surface area contributed by atoms with Gasteiger partial charge in [0, 0.05) is 6.04 Å². The number of hydrogen-bond donors (Lipinski definition) is 0. The van der Waals surface area contributed by atoms with E-state index in [1.54, 1.807) is 28.6 Å². The summed E-state index contributed by atoms with van der Waals surface area (Å²) in [5, 5.41) is 0. The first-order valence-electron chi connectivity index (χ1n) is 6.26. The second-order valence-corrected chi connectivity index (χ2v) is 6.59. The molecule has 0 saturated carbocycles. The third-order valence-electron chi connectivity index (χ3n) is 3.50. The summed E-state index contributed by atoms with van der Waals surface area (Å²) in [6.07, 6.45) is 0. The molecule has 1 saturated heterocycles. The van der Waals surface area contributed by atoms with Crippen LogP contribution in [0.3, 0.4) is 0 Å². The van der Waals surface area contributed by atoms with Gasteiger partial charge in [0.05, 0.1) is 10.9 Å². The molecule has 1 heterocycles. The zero-order chi connectivity index (χ0) is 13.5. The summed E-state index contributed by atoms with van der Waals surface area (Å²) >= 11 is 0. The van der Waals surface area contributed by atoms with Crippen molar-refractivity contribution in [2.24, 2.45) is 0 Å². The van der Waals surface area contributed by atoms with Gasteiger partial charge in [0.15, 0.2) is 0 Å². The Kier molecular flexibility index (Phi) is 2.92. The number of rotatable bonds is 3. The fourth-order valence-electron chi connectivity index (χ4n) is 2.48. The van der Waals surface area contributed by atoms with Crippen LogP contribution < -0.4 is 0 Å². The first-order valence-corrected chi connectivity index (χ1v) is 7.70. The predicted octanol–water partition coefficient (Wildman–Crippen LogP) is 2.82. The van der Waals surface area contributed by atoms with Gasteiger partial charge in [0.1, 0.15) is 0 Å². The van der Waals surface area contributed by atoms with Crippen molar-refractivity contribution in [3.63, 3.8) is 0 Å². The molecular formula is C15H15NO2S. The third kappa shape index (κ3) is 2.07. The van der Waals surface area contributed by atoms with Gasteiger partial charge in [0.2, 0.25) is 10.0 Å². The van der Waals surface area contributed by atoms with E-state index in [0.29, 0.717) is 4.90 Å². The minimum atomic E-state index is -3.38. The molecule has 0 aliphatic carbocycles. The normalized spacial score (nSPS) is 26.1. The average molecular weight is 273 g/mol. The summed E-state index contributed by atoms with van der Waals surface area (Å²) in [6.45, 7) is 1.94. The summed E-state index contributed by atoms with van der Waals surface area (Å²) < 4.78 is 26.6. The number of benzene rings is 2. The average Bonchev–Trinajstić information content (AvgIpc) is 3.13. The molecule has 0 aromatic heterocycles. The summed E-state index contributed by atoms with van der Waals surface area (Å²) in [5.41, 5.74) is 1.05. The van der Waals surface area contributed by atoms with E-state index in [9.17, 15) is 8.42 Å². The van der Waals surface area contributed by atoms with Crippen molar-refractivity contribution >= 4 is 10.0 Å². The Morgan fingerprint density at radius 3 is 2.00 bits per heavy atom. The Balaban J connectivity index is 1.93. The number of hydrogen-bond acceptors (Lipinski definition) is 2. The van der Waals surface area contributed by atoms with Crippen molar-refractivity contribution in [2.75, 3.05) is 0 Å². The van der Waals surface area contributed by atoms with E-state index in [4.69, 9.17) is 0 Å². The largest absolute Gasteiger partial charge is 0.243 e. The summed E-state index contributed by atoms with van der Waals surface area (Å²) in [6, 6.07) is 18.3. The minimum absolute atomic E-state index is 0.0209. The van der Waals surface area contributed by atoms with Gasteiger partial charge in [-0.3, -0.25) is 0 Å². The lowest BCUT2D eigenvalue weighted by Crippen LogP contribution is -2.14. The second-order valence-electron chi connectivity index (χ2n) is 4.74. The van der Waals surface area contributed by atoms with E-state index in [1.165, 1.54) is 0 Å². The molecule has 3 rings (SSSR count). The van der Waals surface area contributed by atoms with Crippen LogP contribution in [0.5, 0.6) is 0 Å². The molecule has 2 aromatic rings. The molecule has 0 spiro atoms. The number of nitrogens with zero attached hydrogens (tertiary/aromatic N) is 1. The Bertz CT molecular complexity index is 668. The highest BCUT2D eigenvalue weighted by Gasteiger charge is 2.53. The van der Waals surface area contributed by atoms with Crippen LogP contribution in [0.25, 0.3) is 0 Å². The monoisotopic (exact) mass is 273 g/mol. The predicted molar refractivity (Wildman–Crippen MR) is 74.1 cm³/mol. The van der Waals surface area contributed by atoms with E-state index >= 15 is 0 Å². The molecular weight excluding hydrogens is 258 g/mol. The highest BCUT2D eigenvalue weighted by atomic mass is 32.2. The number of sulfonamides is 1. The molecule has 98 valence electrons. The highest BCUT2D eigenvalue weighted by Crippen LogP contribution is 2.47. The maximum atomic E-state index is 12.5. The van der Waals surface area contributed by atoms with Crippen LogP contribution in [0.2, 0.25) is 0 Å². The maximum absolute atomic E-state index is 12.5. The standard InChI is InChI=1S/C15H15NO2S/c1-12-15(13-8-4-2-5-9-13)16(12)19(17,18)14-10-6-3-7-11-14/h2-12,15H,1H3. The van der Waals surface area contributed by atoms with Gasteiger partial charge in [-0.25, -0.2) is 8.42 Å². The van der Waals surface area contributed by atoms with Crippen LogP contribution in [-0.4, -0.2) is 18.8 Å². The summed E-state index contributed by atoms with van der Waals surface area (Å²) in [4.78, 5) is 0.361. The second kappa shape index (κ2) is 4.47. The van der Waals surface area contributed by atoms with E-state index < -0.39 is 10.0 Å². The highest BCUT2D eigenvalue weighted by molar-refractivity contribution is 7.89. The Morgan fingerprint density at radius 2 is 1.42 bits per heavy atom. The minimum Gasteiger partial charge on any atom is -0.207 e. The van der Waals surface area contributed by atoms with Crippen molar-refractivity contribution < 1.29 is 8.42 Å². The van der Waals surface area contributed by atoms with Crippen molar-refractivity contribution in [1.82, 2.24) is 4.31 Å². The van der Waals surface area contributed by atoms with Crippen LogP contribution in [0.4, 0.5) is 0 Å². The van der Waals surface area contributed by atoms with Gasteiger partial charge in [-0.2, -0.15) is 4.31 Å². The van der Waals surface area contributed by atoms with E-state index in [-0.39, 0.29) is 12.1 Å². The van der Waals surface area contributed by atoms with Crippen LogP contribution in [0, 0.1) is 0 Å². The quantitative estimate of drug-likeness (QED) is 0.806. The maximum Gasteiger partial charge on any atom is 0.243 e. The first kappa shape index (κ1) is 12.4. The van der Waals surface area contributed by atoms with Crippen molar-refractivity contribution in [2.45, 2.75) is 23.9 Å². The molecule has 0 amide bonds. The molecule has 4 heteroatoms. The summed E-state index contributed by atoms with van der Waals surface area (Å²) in [7, 11) is -3.38. The molecule has 1 fully saturated rings. The van der Waals surface area contributed by atoms with Crippen LogP contribution in [0.15, 0.2) is 65.6 Å². The van der Waals surface area contributed by atoms with Crippen molar-refractivity contribution in [3.8, 4) is 0 Å².